The van der Waals surface area contributed by atoms with Crippen molar-refractivity contribution >= 4 is 28.5 Å². The lowest BCUT2D eigenvalue weighted by molar-refractivity contribution is 0.0994. The number of rotatable bonds is 5. The Morgan fingerprint density at radius 3 is 2.95 bits per heavy atom. The summed E-state index contributed by atoms with van der Waals surface area (Å²) in [5.74, 6) is 2.25. The van der Waals surface area contributed by atoms with Gasteiger partial charge in [0.25, 0.3) is 0 Å². The first-order valence-electron chi connectivity index (χ1n) is 7.26. The Hall–Kier alpha value is -2.08. The molecule has 4 rings (SSSR count). The van der Waals surface area contributed by atoms with Crippen molar-refractivity contribution in [2.45, 2.75) is 23.9 Å². The van der Waals surface area contributed by atoms with Gasteiger partial charge in [0.2, 0.25) is 5.78 Å². The Labute approximate surface area is 131 Å². The number of para-hydroxylation sites is 1. The number of thioether (sulfide) groups is 1. The first kappa shape index (κ1) is 13.6. The summed E-state index contributed by atoms with van der Waals surface area (Å²) in [5.41, 5.74) is 0.741. The smallest absolute Gasteiger partial charge is 0.208 e. The summed E-state index contributed by atoms with van der Waals surface area (Å²) in [4.78, 5) is 12.3. The van der Waals surface area contributed by atoms with Crippen LogP contribution in [0.3, 0.4) is 0 Å². The van der Waals surface area contributed by atoms with Gasteiger partial charge >= 0.3 is 0 Å². The number of benzene rings is 1. The highest BCUT2D eigenvalue weighted by Crippen LogP contribution is 2.39. The van der Waals surface area contributed by atoms with Gasteiger partial charge in [-0.05, 0) is 25.0 Å². The third-order valence-electron chi connectivity index (χ3n) is 3.84. The van der Waals surface area contributed by atoms with Crippen LogP contribution in [0.2, 0.25) is 0 Å². The molecular formula is C16H15N3O2S. The average molecular weight is 313 g/mol. The molecule has 2 heterocycles. The van der Waals surface area contributed by atoms with Crippen LogP contribution in [0.15, 0.2) is 39.9 Å². The molecule has 112 valence electrons. The summed E-state index contributed by atoms with van der Waals surface area (Å²) < 4.78 is 7.59. The highest BCUT2D eigenvalue weighted by atomic mass is 32.2. The van der Waals surface area contributed by atoms with Crippen LogP contribution in [0.25, 0.3) is 11.0 Å². The normalized spacial score (nSPS) is 14.6. The number of hydrogen-bond donors (Lipinski definition) is 0. The van der Waals surface area contributed by atoms with Crippen LogP contribution < -0.4 is 0 Å². The number of furan rings is 1. The second-order valence-electron chi connectivity index (χ2n) is 5.53. The third kappa shape index (κ3) is 2.43. The van der Waals surface area contributed by atoms with Crippen molar-refractivity contribution in [3.8, 4) is 0 Å². The zero-order valence-electron chi connectivity index (χ0n) is 12.2. The van der Waals surface area contributed by atoms with Crippen LogP contribution in [0.1, 0.15) is 35.1 Å². The van der Waals surface area contributed by atoms with Gasteiger partial charge in [0.15, 0.2) is 10.9 Å². The summed E-state index contributed by atoms with van der Waals surface area (Å²) >= 11 is 1.41. The number of carbonyl (C=O) groups excluding carboxylic acids is 1. The van der Waals surface area contributed by atoms with Crippen molar-refractivity contribution < 1.29 is 9.21 Å². The standard InChI is InChI=1S/C16H15N3O2S/c1-19-15(10-6-7-10)17-18-16(19)22-9-12(20)14-8-11-4-2-3-5-13(11)21-14/h2-5,8,10H,6-7,9H2,1H3. The van der Waals surface area contributed by atoms with Crippen LogP contribution in [-0.4, -0.2) is 26.3 Å². The molecule has 1 saturated carbocycles. The maximum Gasteiger partial charge on any atom is 0.208 e. The van der Waals surface area contributed by atoms with E-state index in [9.17, 15) is 4.79 Å². The molecule has 0 aliphatic heterocycles. The van der Waals surface area contributed by atoms with Gasteiger partial charge in [0, 0.05) is 18.4 Å². The molecule has 0 spiro atoms. The van der Waals surface area contributed by atoms with E-state index in [0.29, 0.717) is 17.4 Å². The molecule has 1 aromatic carbocycles. The minimum Gasteiger partial charge on any atom is -0.453 e. The number of aromatic nitrogens is 3. The molecule has 3 aromatic rings. The highest BCUT2D eigenvalue weighted by Gasteiger charge is 2.29. The topological polar surface area (TPSA) is 60.9 Å². The minimum atomic E-state index is -0.0304. The summed E-state index contributed by atoms with van der Waals surface area (Å²) in [7, 11) is 1.96. The van der Waals surface area contributed by atoms with Gasteiger partial charge in [-0.2, -0.15) is 0 Å². The van der Waals surface area contributed by atoms with Crippen LogP contribution >= 0.6 is 11.8 Å². The van der Waals surface area contributed by atoms with Gasteiger partial charge in [-0.25, -0.2) is 0 Å². The Balaban J connectivity index is 1.47. The molecule has 1 aliphatic carbocycles. The number of hydrogen-bond acceptors (Lipinski definition) is 5. The van der Waals surface area contributed by atoms with Gasteiger partial charge < -0.3 is 8.98 Å². The lowest BCUT2D eigenvalue weighted by Gasteiger charge is -2.01. The first-order valence-corrected chi connectivity index (χ1v) is 8.25. The van der Waals surface area contributed by atoms with Crippen molar-refractivity contribution in [3.05, 3.63) is 41.9 Å². The van der Waals surface area contributed by atoms with E-state index in [0.717, 1.165) is 22.0 Å². The molecule has 2 aromatic heterocycles. The monoisotopic (exact) mass is 313 g/mol. The summed E-state index contributed by atoms with van der Waals surface area (Å²) in [6, 6.07) is 9.43. The van der Waals surface area contributed by atoms with Gasteiger partial charge in [0.05, 0.1) is 5.75 Å². The second-order valence-corrected chi connectivity index (χ2v) is 6.48. The van der Waals surface area contributed by atoms with E-state index < -0.39 is 0 Å². The van der Waals surface area contributed by atoms with Crippen LogP contribution in [0.5, 0.6) is 0 Å². The Morgan fingerprint density at radius 2 is 2.18 bits per heavy atom. The third-order valence-corrected chi connectivity index (χ3v) is 4.86. The van der Waals surface area contributed by atoms with Gasteiger partial charge in [-0.15, -0.1) is 10.2 Å². The maximum absolute atomic E-state index is 12.3. The number of Topliss-reactive ketones (excluding diaryl/α,β-unsaturated/α-hetero) is 1. The molecule has 0 radical (unpaired) electrons. The molecule has 0 saturated heterocycles. The Bertz CT molecular complexity index is 815. The summed E-state index contributed by atoms with van der Waals surface area (Å²) in [6.07, 6.45) is 2.38. The molecular weight excluding hydrogens is 298 g/mol. The molecule has 0 amide bonds. The van der Waals surface area contributed by atoms with Crippen molar-refractivity contribution in [2.75, 3.05) is 5.75 Å². The van der Waals surface area contributed by atoms with E-state index in [1.54, 1.807) is 6.07 Å². The lowest BCUT2D eigenvalue weighted by Crippen LogP contribution is -2.03. The van der Waals surface area contributed by atoms with E-state index in [1.165, 1.54) is 24.6 Å². The van der Waals surface area contributed by atoms with E-state index in [4.69, 9.17) is 4.42 Å². The molecule has 6 heteroatoms. The first-order chi connectivity index (χ1) is 10.7. The zero-order chi connectivity index (χ0) is 15.1. The maximum atomic E-state index is 12.3. The molecule has 5 nitrogen and oxygen atoms in total. The number of fused-ring (bicyclic) bond motifs is 1. The second kappa shape index (κ2) is 5.28. The van der Waals surface area contributed by atoms with Gasteiger partial charge in [-0.3, -0.25) is 4.79 Å². The van der Waals surface area contributed by atoms with E-state index >= 15 is 0 Å². The molecule has 0 unspecified atom stereocenters. The molecule has 1 fully saturated rings. The van der Waals surface area contributed by atoms with Crippen LogP contribution in [0.4, 0.5) is 0 Å². The molecule has 22 heavy (non-hydrogen) atoms. The van der Waals surface area contributed by atoms with Crippen molar-refractivity contribution in [3.63, 3.8) is 0 Å². The predicted octanol–water partition coefficient (Wildman–Crippen LogP) is 3.41. The highest BCUT2D eigenvalue weighted by molar-refractivity contribution is 7.99. The number of ketones is 1. The summed E-state index contributed by atoms with van der Waals surface area (Å²) in [6.45, 7) is 0. The molecule has 0 N–H and O–H groups in total. The van der Waals surface area contributed by atoms with Gasteiger partial charge in [0.1, 0.15) is 11.4 Å². The zero-order valence-corrected chi connectivity index (χ0v) is 13.0. The van der Waals surface area contributed by atoms with Crippen LogP contribution in [-0.2, 0) is 7.05 Å². The predicted molar refractivity (Wildman–Crippen MR) is 84.2 cm³/mol. The van der Waals surface area contributed by atoms with E-state index in [-0.39, 0.29) is 5.78 Å². The van der Waals surface area contributed by atoms with Crippen molar-refractivity contribution in [2.24, 2.45) is 7.05 Å². The van der Waals surface area contributed by atoms with Gasteiger partial charge in [-0.1, -0.05) is 30.0 Å². The fourth-order valence-corrected chi connectivity index (χ4v) is 3.26. The van der Waals surface area contributed by atoms with Crippen molar-refractivity contribution in [1.82, 2.24) is 14.8 Å². The lowest BCUT2D eigenvalue weighted by atomic mass is 10.2. The number of carbonyl (C=O) groups is 1. The largest absolute Gasteiger partial charge is 0.453 e. The fourth-order valence-electron chi connectivity index (χ4n) is 2.47. The molecule has 0 atom stereocenters. The SMILES string of the molecule is Cn1c(SCC(=O)c2cc3ccccc3o2)nnc1C1CC1. The van der Waals surface area contributed by atoms with Crippen LogP contribution in [0, 0.1) is 0 Å². The molecule has 0 bridgehead atoms. The van der Waals surface area contributed by atoms with E-state index in [2.05, 4.69) is 10.2 Å². The van der Waals surface area contributed by atoms with Crippen molar-refractivity contribution in [1.29, 1.82) is 0 Å². The quantitative estimate of drug-likeness (QED) is 0.533. The Morgan fingerprint density at radius 1 is 1.36 bits per heavy atom. The average Bonchev–Trinajstić information content (AvgIpc) is 3.16. The minimum absolute atomic E-state index is 0.0304. The molecule has 1 aliphatic rings. The fraction of sp³-hybridized carbons (Fsp3) is 0.312. The Kier molecular flexibility index (Phi) is 3.26. The van der Waals surface area contributed by atoms with E-state index in [1.807, 2.05) is 35.9 Å². The summed E-state index contributed by atoms with van der Waals surface area (Å²) in [5, 5.41) is 10.1. The number of nitrogens with zero attached hydrogens (tertiary/aromatic N) is 3.